The average molecular weight is 300 g/mol. The first-order chi connectivity index (χ1) is 9.08. The molecule has 0 heterocycles. The van der Waals surface area contributed by atoms with Crippen LogP contribution in [-0.2, 0) is 14.0 Å². The summed E-state index contributed by atoms with van der Waals surface area (Å²) in [5.41, 5.74) is 0. The van der Waals surface area contributed by atoms with E-state index in [1.807, 2.05) is 0 Å². The second kappa shape index (κ2) is 5.11. The number of methoxy groups -OCH3 is 1. The van der Waals surface area contributed by atoms with Crippen LogP contribution in [0.5, 0.6) is 0 Å². The zero-order valence-electron chi connectivity index (χ0n) is 13.5. The predicted octanol–water partition coefficient (Wildman–Crippen LogP) is 2.57. The number of esters is 1. The Hall–Kier alpha value is -0.393. The summed E-state index contributed by atoms with van der Waals surface area (Å²) in [6, 6.07) is 0. The van der Waals surface area contributed by atoms with Gasteiger partial charge in [0, 0.05) is 6.42 Å². The van der Waals surface area contributed by atoms with Gasteiger partial charge in [0.15, 0.2) is 8.32 Å². The minimum atomic E-state index is -1.82. The minimum Gasteiger partial charge on any atom is -0.469 e. The molecule has 0 aromatic heterocycles. The van der Waals surface area contributed by atoms with Crippen molar-refractivity contribution in [3.63, 3.8) is 0 Å². The Kier molecular flexibility index (Phi) is 4.08. The minimum absolute atomic E-state index is 0.116. The molecule has 2 saturated carbocycles. The number of aliphatic hydroxyl groups is 1. The van der Waals surface area contributed by atoms with Gasteiger partial charge < -0.3 is 14.3 Å². The summed E-state index contributed by atoms with van der Waals surface area (Å²) in [5.74, 6) is 0.658. The molecule has 0 amide bonds. The number of hydrogen-bond acceptors (Lipinski definition) is 4. The Bertz CT molecular complexity index is 388. The molecule has 4 nitrogen and oxygen atoms in total. The molecule has 2 rings (SSSR count). The number of hydrogen-bond donors (Lipinski definition) is 1. The van der Waals surface area contributed by atoms with Gasteiger partial charge in [-0.2, -0.15) is 0 Å². The first kappa shape index (κ1) is 16.0. The van der Waals surface area contributed by atoms with Crippen molar-refractivity contribution >= 4 is 14.3 Å². The van der Waals surface area contributed by atoms with Gasteiger partial charge in [0.1, 0.15) is 0 Å². The standard InChI is InChI=1S/C15H28O4Si/c1-15(2,3)20(5,6)19-11-8-10(16)13-9(14(11)13)7-12(17)18-4/h9-11,13-14,16H,7-8H2,1-6H3/t9-,10-,11+,13+,14-/m0/s1. The molecule has 5 heteroatoms. The molecule has 0 bridgehead atoms. The van der Waals surface area contributed by atoms with Crippen molar-refractivity contribution in [2.75, 3.05) is 7.11 Å². The fourth-order valence-corrected chi connectivity index (χ4v) is 4.64. The van der Waals surface area contributed by atoms with Crippen LogP contribution in [0.1, 0.15) is 33.6 Å². The number of fused-ring (bicyclic) bond motifs is 1. The topological polar surface area (TPSA) is 55.8 Å². The molecule has 2 aliphatic carbocycles. The van der Waals surface area contributed by atoms with Crippen molar-refractivity contribution in [3.05, 3.63) is 0 Å². The summed E-state index contributed by atoms with van der Waals surface area (Å²) in [7, 11) is -0.403. The van der Waals surface area contributed by atoms with Gasteiger partial charge in [-0.1, -0.05) is 20.8 Å². The van der Waals surface area contributed by atoms with Crippen LogP contribution in [0.3, 0.4) is 0 Å². The highest BCUT2D eigenvalue weighted by Crippen LogP contribution is 2.61. The van der Waals surface area contributed by atoms with Gasteiger partial charge in [0.05, 0.1) is 19.3 Å². The van der Waals surface area contributed by atoms with Crippen molar-refractivity contribution in [2.24, 2.45) is 17.8 Å². The third-order valence-corrected chi connectivity index (χ3v) is 10.0. The van der Waals surface area contributed by atoms with Gasteiger partial charge in [0.2, 0.25) is 0 Å². The fraction of sp³-hybridized carbons (Fsp3) is 0.933. The third-order valence-electron chi connectivity index (χ3n) is 5.52. The maximum absolute atomic E-state index is 11.4. The maximum Gasteiger partial charge on any atom is 0.305 e. The smallest absolute Gasteiger partial charge is 0.305 e. The van der Waals surface area contributed by atoms with E-state index < -0.39 is 8.32 Å². The Morgan fingerprint density at radius 2 is 1.90 bits per heavy atom. The van der Waals surface area contributed by atoms with Gasteiger partial charge in [-0.15, -0.1) is 0 Å². The van der Waals surface area contributed by atoms with Gasteiger partial charge in [-0.3, -0.25) is 4.79 Å². The molecular formula is C15H28O4Si. The summed E-state index contributed by atoms with van der Waals surface area (Å²) in [6.45, 7) is 11.2. The van der Waals surface area contributed by atoms with Crippen LogP contribution in [0.15, 0.2) is 0 Å². The number of carbonyl (C=O) groups is 1. The quantitative estimate of drug-likeness (QED) is 0.640. The Labute approximate surface area is 123 Å². The van der Waals surface area contributed by atoms with Crippen molar-refractivity contribution in [1.29, 1.82) is 0 Å². The van der Waals surface area contributed by atoms with E-state index in [0.717, 1.165) is 6.42 Å². The lowest BCUT2D eigenvalue weighted by atomic mass is 10.1. The van der Waals surface area contributed by atoms with Crippen LogP contribution in [0, 0.1) is 17.8 Å². The molecular weight excluding hydrogens is 272 g/mol. The van der Waals surface area contributed by atoms with Crippen LogP contribution in [0.25, 0.3) is 0 Å². The van der Waals surface area contributed by atoms with Crippen LogP contribution in [-0.4, -0.2) is 38.7 Å². The monoisotopic (exact) mass is 300 g/mol. The van der Waals surface area contributed by atoms with Gasteiger partial charge >= 0.3 is 5.97 Å². The maximum atomic E-state index is 11.4. The van der Waals surface area contributed by atoms with E-state index in [1.54, 1.807) is 0 Å². The number of rotatable bonds is 4. The van der Waals surface area contributed by atoms with Crippen LogP contribution >= 0.6 is 0 Å². The number of ether oxygens (including phenoxy) is 1. The normalized spacial score (nSPS) is 36.6. The molecule has 0 aliphatic heterocycles. The Morgan fingerprint density at radius 3 is 2.40 bits per heavy atom. The van der Waals surface area contributed by atoms with E-state index in [2.05, 4.69) is 33.9 Å². The average Bonchev–Trinajstić information content (AvgIpc) is 2.90. The SMILES string of the molecule is COC(=O)C[C@@H]1[C@@H]2[C@H]1[C@@H](O)C[C@H]2O[Si](C)(C)C(C)(C)C. The highest BCUT2D eigenvalue weighted by atomic mass is 28.4. The van der Waals surface area contributed by atoms with Gasteiger partial charge in [-0.25, -0.2) is 0 Å². The molecule has 116 valence electrons. The fourth-order valence-electron chi connectivity index (χ4n) is 3.28. The summed E-state index contributed by atoms with van der Waals surface area (Å²) >= 11 is 0. The summed E-state index contributed by atoms with van der Waals surface area (Å²) in [6.07, 6.45) is 0.940. The van der Waals surface area contributed by atoms with Crippen molar-refractivity contribution in [3.8, 4) is 0 Å². The summed E-state index contributed by atoms with van der Waals surface area (Å²) in [5, 5.41) is 10.3. The van der Waals surface area contributed by atoms with Crippen LogP contribution in [0.4, 0.5) is 0 Å². The molecule has 20 heavy (non-hydrogen) atoms. The molecule has 2 fully saturated rings. The van der Waals surface area contributed by atoms with E-state index in [4.69, 9.17) is 9.16 Å². The van der Waals surface area contributed by atoms with Gasteiger partial charge in [-0.05, 0) is 42.3 Å². The molecule has 2 aliphatic rings. The lowest BCUT2D eigenvalue weighted by Gasteiger charge is -2.39. The van der Waals surface area contributed by atoms with Crippen LogP contribution in [0.2, 0.25) is 18.1 Å². The lowest BCUT2D eigenvalue weighted by molar-refractivity contribution is -0.141. The van der Waals surface area contributed by atoms with E-state index in [9.17, 15) is 9.90 Å². The Morgan fingerprint density at radius 1 is 1.30 bits per heavy atom. The molecule has 0 unspecified atom stereocenters. The van der Waals surface area contributed by atoms with Crippen LogP contribution < -0.4 is 0 Å². The lowest BCUT2D eigenvalue weighted by Crippen LogP contribution is -2.44. The third kappa shape index (κ3) is 2.80. The summed E-state index contributed by atoms with van der Waals surface area (Å²) in [4.78, 5) is 11.4. The second-order valence-corrected chi connectivity index (χ2v) is 12.6. The van der Waals surface area contributed by atoms with E-state index in [-0.39, 0.29) is 35.1 Å². The number of aliphatic hydroxyl groups excluding tert-OH is 1. The molecule has 0 aromatic rings. The molecule has 0 aromatic carbocycles. The Balaban J connectivity index is 2.00. The van der Waals surface area contributed by atoms with Crippen molar-refractivity contribution < 1.29 is 19.1 Å². The first-order valence-electron chi connectivity index (χ1n) is 7.51. The second-order valence-electron chi connectivity index (χ2n) is 7.82. The molecule has 0 radical (unpaired) electrons. The molecule has 0 saturated heterocycles. The van der Waals surface area contributed by atoms with E-state index in [0.29, 0.717) is 12.3 Å². The van der Waals surface area contributed by atoms with Crippen molar-refractivity contribution in [2.45, 2.75) is 64.0 Å². The predicted molar refractivity (Wildman–Crippen MR) is 79.8 cm³/mol. The highest BCUT2D eigenvalue weighted by Gasteiger charge is 2.64. The molecule has 0 spiro atoms. The molecule has 1 N–H and O–H groups in total. The summed E-state index contributed by atoms with van der Waals surface area (Å²) < 4.78 is 11.2. The van der Waals surface area contributed by atoms with Crippen molar-refractivity contribution in [1.82, 2.24) is 0 Å². The first-order valence-corrected chi connectivity index (χ1v) is 10.4. The van der Waals surface area contributed by atoms with Gasteiger partial charge in [0.25, 0.3) is 0 Å². The zero-order chi connectivity index (χ0) is 15.3. The van der Waals surface area contributed by atoms with E-state index in [1.165, 1.54) is 7.11 Å². The molecule has 5 atom stereocenters. The largest absolute Gasteiger partial charge is 0.469 e. The highest BCUT2D eigenvalue weighted by molar-refractivity contribution is 6.74. The van der Waals surface area contributed by atoms with E-state index >= 15 is 0 Å². The zero-order valence-corrected chi connectivity index (χ0v) is 14.5. The number of carbonyl (C=O) groups excluding carboxylic acids is 1.